The number of hydrogen-bond acceptors (Lipinski definition) is 3. The van der Waals surface area contributed by atoms with Gasteiger partial charge in [0.25, 0.3) is 0 Å². The van der Waals surface area contributed by atoms with Crippen LogP contribution in [0.15, 0.2) is 30.3 Å². The van der Waals surface area contributed by atoms with Gasteiger partial charge in [0.15, 0.2) is 0 Å². The molecule has 1 rings (SSSR count). The summed E-state index contributed by atoms with van der Waals surface area (Å²) in [5.74, 6) is 0.482. The smallest absolute Gasteiger partial charge is 0.330 e. The minimum Gasteiger partial charge on any atom is -1.00 e. The van der Waals surface area contributed by atoms with Crippen molar-refractivity contribution in [2.45, 2.75) is 26.3 Å². The van der Waals surface area contributed by atoms with Gasteiger partial charge in [0.1, 0.15) is 18.9 Å². The fourth-order valence-electron chi connectivity index (χ4n) is 1.61. The number of benzene rings is 1. The minimum absolute atomic E-state index is 0. The van der Waals surface area contributed by atoms with Gasteiger partial charge in [0, 0.05) is 6.08 Å². The number of carbonyl (C=O) groups excluding carboxylic acids is 1. The fraction of sp³-hybridized carbons (Fsp3) is 0.471. The van der Waals surface area contributed by atoms with E-state index in [1.807, 2.05) is 24.3 Å². The SMILES string of the molecule is COc1ccc(/C=C/C(=O)OCC[NH+](C)C(C)(C)C)cc1.[Cl-]. The molecule has 0 saturated heterocycles. The van der Waals surface area contributed by atoms with E-state index in [1.54, 1.807) is 13.2 Å². The molecule has 0 radical (unpaired) electrons. The summed E-state index contributed by atoms with van der Waals surface area (Å²) in [7, 11) is 3.72. The van der Waals surface area contributed by atoms with Gasteiger partial charge in [-0.1, -0.05) is 12.1 Å². The lowest BCUT2D eigenvalue weighted by atomic mass is 10.1. The quantitative estimate of drug-likeness (QED) is 0.514. The van der Waals surface area contributed by atoms with Crippen molar-refractivity contribution in [2.24, 2.45) is 0 Å². The van der Waals surface area contributed by atoms with Crippen molar-refractivity contribution in [2.75, 3.05) is 27.3 Å². The van der Waals surface area contributed by atoms with Gasteiger partial charge in [0.2, 0.25) is 0 Å². The Morgan fingerprint density at radius 3 is 2.32 bits per heavy atom. The summed E-state index contributed by atoms with van der Waals surface area (Å²) >= 11 is 0. The predicted octanol–water partition coefficient (Wildman–Crippen LogP) is -1.43. The van der Waals surface area contributed by atoms with E-state index >= 15 is 0 Å². The van der Waals surface area contributed by atoms with Crippen molar-refractivity contribution in [3.63, 3.8) is 0 Å². The number of esters is 1. The van der Waals surface area contributed by atoms with Gasteiger partial charge in [-0.25, -0.2) is 4.79 Å². The number of rotatable bonds is 6. The van der Waals surface area contributed by atoms with Crippen LogP contribution in [0.2, 0.25) is 0 Å². The molecule has 0 aromatic heterocycles. The number of nitrogens with one attached hydrogen (secondary N) is 1. The van der Waals surface area contributed by atoms with Gasteiger partial charge in [-0.3, -0.25) is 0 Å². The molecule has 0 bridgehead atoms. The molecule has 4 nitrogen and oxygen atoms in total. The molecule has 0 fully saturated rings. The van der Waals surface area contributed by atoms with Crippen LogP contribution < -0.4 is 22.0 Å². The third-order valence-corrected chi connectivity index (χ3v) is 3.53. The van der Waals surface area contributed by atoms with Crippen LogP contribution in [-0.2, 0) is 9.53 Å². The van der Waals surface area contributed by atoms with E-state index < -0.39 is 0 Å². The zero-order valence-electron chi connectivity index (χ0n) is 14.0. The van der Waals surface area contributed by atoms with Crippen LogP contribution in [0.3, 0.4) is 0 Å². The van der Waals surface area contributed by atoms with Crippen molar-refractivity contribution < 1.29 is 31.6 Å². The Hall–Kier alpha value is -1.52. The molecule has 5 heteroatoms. The van der Waals surface area contributed by atoms with Crippen LogP contribution in [-0.4, -0.2) is 38.8 Å². The third kappa shape index (κ3) is 7.48. The van der Waals surface area contributed by atoms with E-state index in [0.29, 0.717) is 6.61 Å². The molecule has 0 saturated carbocycles. The molecule has 1 aromatic rings. The highest BCUT2D eigenvalue weighted by Gasteiger charge is 2.20. The molecule has 0 aliphatic heterocycles. The second kappa shape index (κ2) is 9.49. The van der Waals surface area contributed by atoms with Crippen LogP contribution >= 0.6 is 0 Å². The molecular formula is C17H26ClNO3. The molecular weight excluding hydrogens is 302 g/mol. The lowest BCUT2D eigenvalue weighted by molar-refractivity contribution is -0.927. The molecule has 1 aromatic carbocycles. The lowest BCUT2D eigenvalue weighted by Gasteiger charge is -2.28. The zero-order chi connectivity index (χ0) is 15.9. The maximum atomic E-state index is 11.6. The van der Waals surface area contributed by atoms with E-state index in [2.05, 4.69) is 27.8 Å². The van der Waals surface area contributed by atoms with Crippen molar-refractivity contribution in [1.29, 1.82) is 0 Å². The largest absolute Gasteiger partial charge is 1.00 e. The Morgan fingerprint density at radius 2 is 1.82 bits per heavy atom. The average Bonchev–Trinajstić information content (AvgIpc) is 2.44. The Morgan fingerprint density at radius 1 is 1.23 bits per heavy atom. The summed E-state index contributed by atoms with van der Waals surface area (Å²) < 4.78 is 10.3. The highest BCUT2D eigenvalue weighted by atomic mass is 35.5. The van der Waals surface area contributed by atoms with Gasteiger partial charge in [-0.15, -0.1) is 0 Å². The van der Waals surface area contributed by atoms with Crippen molar-refractivity contribution in [3.8, 4) is 5.75 Å². The molecule has 0 heterocycles. The van der Waals surface area contributed by atoms with Crippen molar-refractivity contribution in [3.05, 3.63) is 35.9 Å². The van der Waals surface area contributed by atoms with Gasteiger partial charge in [0.05, 0.1) is 19.7 Å². The Balaban J connectivity index is 0.00000441. The maximum absolute atomic E-state index is 11.6. The van der Waals surface area contributed by atoms with E-state index in [9.17, 15) is 4.79 Å². The van der Waals surface area contributed by atoms with E-state index in [0.717, 1.165) is 17.9 Å². The zero-order valence-corrected chi connectivity index (χ0v) is 14.7. The van der Waals surface area contributed by atoms with Crippen LogP contribution in [0.1, 0.15) is 26.3 Å². The normalized spacial score (nSPS) is 12.6. The second-order valence-electron chi connectivity index (χ2n) is 6.05. The van der Waals surface area contributed by atoms with Crippen LogP contribution in [0, 0.1) is 0 Å². The highest BCUT2D eigenvalue weighted by Crippen LogP contribution is 2.12. The second-order valence-corrected chi connectivity index (χ2v) is 6.05. The van der Waals surface area contributed by atoms with Gasteiger partial charge in [-0.2, -0.15) is 0 Å². The third-order valence-electron chi connectivity index (χ3n) is 3.53. The molecule has 1 N–H and O–H groups in total. The van der Waals surface area contributed by atoms with Crippen molar-refractivity contribution >= 4 is 12.0 Å². The van der Waals surface area contributed by atoms with Crippen LogP contribution in [0.25, 0.3) is 6.08 Å². The standard InChI is InChI=1S/C17H25NO3.ClH/c1-17(2,3)18(4)12-13-21-16(19)11-8-14-6-9-15(20-5)10-7-14;/h6-11H,12-13H2,1-5H3;1H/b11-8+;. The number of carbonyl (C=O) groups is 1. The van der Waals surface area contributed by atoms with Gasteiger partial charge < -0.3 is 26.8 Å². The number of quaternary nitrogens is 1. The fourth-order valence-corrected chi connectivity index (χ4v) is 1.61. The average molecular weight is 328 g/mol. The minimum atomic E-state index is -0.312. The first kappa shape index (κ1) is 20.5. The summed E-state index contributed by atoms with van der Waals surface area (Å²) in [6.07, 6.45) is 3.19. The Bertz CT molecular complexity index is 478. The number of methoxy groups -OCH3 is 1. The molecule has 0 aliphatic carbocycles. The predicted molar refractivity (Wildman–Crippen MR) is 84.5 cm³/mol. The van der Waals surface area contributed by atoms with Gasteiger partial charge in [-0.05, 0) is 44.5 Å². The van der Waals surface area contributed by atoms with E-state index in [-0.39, 0.29) is 23.9 Å². The Labute approximate surface area is 139 Å². The Kier molecular flexibility index (Phi) is 8.83. The van der Waals surface area contributed by atoms with Crippen LogP contribution in [0.4, 0.5) is 0 Å². The first-order valence-corrected chi connectivity index (χ1v) is 7.14. The van der Waals surface area contributed by atoms with Gasteiger partial charge >= 0.3 is 5.97 Å². The molecule has 0 aliphatic rings. The molecule has 0 amide bonds. The summed E-state index contributed by atoms with van der Waals surface area (Å²) in [6.45, 7) is 7.70. The van der Waals surface area contributed by atoms with E-state index in [1.165, 1.54) is 11.0 Å². The molecule has 0 spiro atoms. The molecule has 1 atom stereocenters. The topological polar surface area (TPSA) is 40.0 Å². The number of ether oxygens (including phenoxy) is 2. The lowest BCUT2D eigenvalue weighted by Crippen LogP contribution is -3.16. The first-order valence-electron chi connectivity index (χ1n) is 7.14. The van der Waals surface area contributed by atoms with Crippen molar-refractivity contribution in [1.82, 2.24) is 0 Å². The van der Waals surface area contributed by atoms with Crippen LogP contribution in [0.5, 0.6) is 5.75 Å². The number of likely N-dealkylation sites (N-methyl/N-ethyl adjacent to an activating group) is 1. The number of hydrogen-bond donors (Lipinski definition) is 1. The summed E-state index contributed by atoms with van der Waals surface area (Å²) in [6, 6.07) is 7.49. The monoisotopic (exact) mass is 327 g/mol. The number of halogens is 1. The van der Waals surface area contributed by atoms with E-state index in [4.69, 9.17) is 9.47 Å². The summed E-state index contributed by atoms with van der Waals surface area (Å²) in [5.41, 5.74) is 1.09. The highest BCUT2D eigenvalue weighted by molar-refractivity contribution is 5.87. The summed E-state index contributed by atoms with van der Waals surface area (Å²) in [4.78, 5) is 13.0. The summed E-state index contributed by atoms with van der Waals surface area (Å²) in [5, 5.41) is 0. The molecule has 124 valence electrons. The molecule has 22 heavy (non-hydrogen) atoms. The first-order chi connectivity index (χ1) is 9.82. The molecule has 1 unspecified atom stereocenters. The maximum Gasteiger partial charge on any atom is 0.330 e.